The molecule has 0 aromatic heterocycles. The number of piperazine rings is 1. The highest BCUT2D eigenvalue weighted by atomic mass is 16.5. The van der Waals surface area contributed by atoms with Crippen molar-refractivity contribution in [3.8, 4) is 5.75 Å². The minimum absolute atomic E-state index is 0.0340. The summed E-state index contributed by atoms with van der Waals surface area (Å²) in [6.07, 6.45) is 1.69. The Labute approximate surface area is 118 Å². The molecule has 1 atom stereocenters. The molecule has 5 nitrogen and oxygen atoms in total. The van der Waals surface area contributed by atoms with Crippen LogP contribution in [0, 0.1) is 6.92 Å². The molecular weight excluding hydrogens is 256 g/mol. The molecule has 1 aromatic carbocycles. The highest BCUT2D eigenvalue weighted by Crippen LogP contribution is 2.30. The smallest absolute Gasteiger partial charge is 0.250 e. The van der Waals surface area contributed by atoms with Crippen LogP contribution in [0.2, 0.25) is 0 Å². The lowest BCUT2D eigenvalue weighted by Crippen LogP contribution is -2.57. The Hall–Kier alpha value is -2.04. The van der Waals surface area contributed by atoms with E-state index in [-0.39, 0.29) is 24.4 Å². The second-order valence-corrected chi connectivity index (χ2v) is 5.32. The average molecular weight is 274 g/mol. The van der Waals surface area contributed by atoms with Crippen molar-refractivity contribution in [3.63, 3.8) is 0 Å². The Morgan fingerprint density at radius 3 is 2.80 bits per heavy atom. The van der Waals surface area contributed by atoms with Crippen molar-refractivity contribution in [2.24, 2.45) is 0 Å². The molecule has 2 saturated heterocycles. The summed E-state index contributed by atoms with van der Waals surface area (Å²) in [5.74, 6) is 0.860. The summed E-state index contributed by atoms with van der Waals surface area (Å²) in [6.45, 7) is 2.78. The van der Waals surface area contributed by atoms with E-state index in [1.54, 1.807) is 16.9 Å². The second kappa shape index (κ2) is 4.81. The first-order chi connectivity index (χ1) is 9.61. The van der Waals surface area contributed by atoms with Gasteiger partial charge in [-0.05, 0) is 43.5 Å². The van der Waals surface area contributed by atoms with Crippen molar-refractivity contribution in [2.45, 2.75) is 25.8 Å². The summed E-state index contributed by atoms with van der Waals surface area (Å²) < 4.78 is 5.23. The summed E-state index contributed by atoms with van der Waals surface area (Å²) in [5, 5.41) is 0. The molecule has 1 unspecified atom stereocenters. The molecule has 20 heavy (non-hydrogen) atoms. The Kier molecular flexibility index (Phi) is 3.12. The molecule has 2 aliphatic heterocycles. The summed E-state index contributed by atoms with van der Waals surface area (Å²) in [7, 11) is 1.62. The van der Waals surface area contributed by atoms with Gasteiger partial charge in [0.2, 0.25) is 11.8 Å². The van der Waals surface area contributed by atoms with Crippen LogP contribution in [0.5, 0.6) is 5.75 Å². The van der Waals surface area contributed by atoms with Gasteiger partial charge in [0.1, 0.15) is 18.3 Å². The van der Waals surface area contributed by atoms with E-state index in [9.17, 15) is 9.59 Å². The molecule has 2 fully saturated rings. The van der Waals surface area contributed by atoms with E-state index in [1.807, 2.05) is 25.1 Å². The number of methoxy groups -OCH3 is 1. The van der Waals surface area contributed by atoms with Gasteiger partial charge in [-0.25, -0.2) is 0 Å². The number of rotatable bonds is 2. The lowest BCUT2D eigenvalue weighted by atomic mass is 10.1. The molecule has 2 heterocycles. The topological polar surface area (TPSA) is 49.9 Å². The first-order valence-corrected chi connectivity index (χ1v) is 6.87. The molecule has 5 heteroatoms. The van der Waals surface area contributed by atoms with Gasteiger partial charge in [0.05, 0.1) is 7.11 Å². The fraction of sp³-hybridized carbons (Fsp3) is 0.467. The average Bonchev–Trinajstić information content (AvgIpc) is 2.93. The number of fused-ring (bicyclic) bond motifs is 1. The van der Waals surface area contributed by atoms with E-state index in [0.29, 0.717) is 6.54 Å². The van der Waals surface area contributed by atoms with Crippen LogP contribution in [0.15, 0.2) is 18.2 Å². The number of amides is 2. The van der Waals surface area contributed by atoms with Crippen LogP contribution in [-0.2, 0) is 9.59 Å². The molecule has 0 N–H and O–H groups in total. The van der Waals surface area contributed by atoms with E-state index < -0.39 is 0 Å². The maximum atomic E-state index is 12.5. The minimum atomic E-state index is -0.265. The van der Waals surface area contributed by atoms with Gasteiger partial charge in [-0.3, -0.25) is 9.59 Å². The molecule has 0 spiro atoms. The molecule has 0 bridgehead atoms. The first kappa shape index (κ1) is 13.0. The Balaban J connectivity index is 1.91. The number of anilines is 1. The molecule has 0 radical (unpaired) electrons. The molecular formula is C15H18N2O3. The Morgan fingerprint density at radius 1 is 1.30 bits per heavy atom. The molecule has 106 valence electrons. The second-order valence-electron chi connectivity index (χ2n) is 5.32. The van der Waals surface area contributed by atoms with Gasteiger partial charge in [-0.2, -0.15) is 0 Å². The van der Waals surface area contributed by atoms with E-state index in [2.05, 4.69) is 0 Å². The van der Waals surface area contributed by atoms with Crippen molar-refractivity contribution >= 4 is 17.5 Å². The van der Waals surface area contributed by atoms with E-state index in [1.165, 1.54) is 0 Å². The molecule has 2 amide bonds. The number of benzene rings is 1. The zero-order chi connectivity index (χ0) is 14.3. The largest absolute Gasteiger partial charge is 0.496 e. The predicted molar refractivity (Wildman–Crippen MR) is 74.8 cm³/mol. The van der Waals surface area contributed by atoms with Gasteiger partial charge in [0.15, 0.2) is 0 Å². The standard InChI is InChI=1S/C15H18N2O3/c1-10-8-11(5-6-13(10)20-2)17-9-14(18)16-7-3-4-12(16)15(17)19/h5-6,8,12H,3-4,7,9H2,1-2H3. The molecule has 0 saturated carbocycles. The molecule has 2 aliphatic rings. The lowest BCUT2D eigenvalue weighted by Gasteiger charge is -2.36. The van der Waals surface area contributed by atoms with Crippen molar-refractivity contribution in [2.75, 3.05) is 25.1 Å². The molecule has 3 rings (SSSR count). The summed E-state index contributed by atoms with van der Waals surface area (Å²) >= 11 is 0. The monoisotopic (exact) mass is 274 g/mol. The number of carbonyl (C=O) groups is 2. The number of ether oxygens (including phenoxy) is 1. The first-order valence-electron chi connectivity index (χ1n) is 6.87. The van der Waals surface area contributed by atoms with Crippen molar-refractivity contribution in [3.05, 3.63) is 23.8 Å². The number of nitrogens with zero attached hydrogens (tertiary/aromatic N) is 2. The van der Waals surface area contributed by atoms with Gasteiger partial charge < -0.3 is 14.5 Å². The normalized spacial score (nSPS) is 22.2. The predicted octanol–water partition coefficient (Wildman–Crippen LogP) is 1.34. The maximum Gasteiger partial charge on any atom is 0.250 e. The van der Waals surface area contributed by atoms with E-state index >= 15 is 0 Å². The maximum absolute atomic E-state index is 12.5. The number of hydrogen-bond acceptors (Lipinski definition) is 3. The fourth-order valence-electron chi connectivity index (χ4n) is 3.05. The van der Waals surface area contributed by atoms with Gasteiger partial charge in [0, 0.05) is 12.2 Å². The van der Waals surface area contributed by atoms with Crippen LogP contribution in [0.25, 0.3) is 0 Å². The third-order valence-corrected chi connectivity index (χ3v) is 4.11. The van der Waals surface area contributed by atoms with Crippen LogP contribution in [0.4, 0.5) is 5.69 Å². The molecule has 1 aromatic rings. The summed E-state index contributed by atoms with van der Waals surface area (Å²) in [6, 6.07) is 5.30. The lowest BCUT2D eigenvalue weighted by molar-refractivity contribution is -0.140. The van der Waals surface area contributed by atoms with Crippen molar-refractivity contribution in [1.29, 1.82) is 0 Å². The zero-order valence-corrected chi connectivity index (χ0v) is 11.8. The highest BCUT2D eigenvalue weighted by Gasteiger charge is 2.42. The Bertz CT molecular complexity index is 570. The Morgan fingerprint density at radius 2 is 2.10 bits per heavy atom. The fourth-order valence-corrected chi connectivity index (χ4v) is 3.05. The van der Waals surface area contributed by atoms with Crippen LogP contribution >= 0.6 is 0 Å². The van der Waals surface area contributed by atoms with Gasteiger partial charge in [-0.15, -0.1) is 0 Å². The third-order valence-electron chi connectivity index (χ3n) is 4.11. The minimum Gasteiger partial charge on any atom is -0.496 e. The van der Waals surface area contributed by atoms with Crippen molar-refractivity contribution in [1.82, 2.24) is 4.90 Å². The third kappa shape index (κ3) is 1.94. The van der Waals surface area contributed by atoms with Gasteiger partial charge in [0.25, 0.3) is 0 Å². The van der Waals surface area contributed by atoms with E-state index in [0.717, 1.165) is 29.8 Å². The van der Waals surface area contributed by atoms with Gasteiger partial charge >= 0.3 is 0 Å². The van der Waals surface area contributed by atoms with Crippen molar-refractivity contribution < 1.29 is 14.3 Å². The number of carbonyl (C=O) groups excluding carboxylic acids is 2. The van der Waals surface area contributed by atoms with Crippen LogP contribution in [0.3, 0.4) is 0 Å². The quantitative estimate of drug-likeness (QED) is 0.817. The van der Waals surface area contributed by atoms with Crippen LogP contribution < -0.4 is 9.64 Å². The zero-order valence-electron chi connectivity index (χ0n) is 11.8. The van der Waals surface area contributed by atoms with E-state index in [4.69, 9.17) is 4.74 Å². The van der Waals surface area contributed by atoms with Crippen LogP contribution in [0.1, 0.15) is 18.4 Å². The SMILES string of the molecule is COc1ccc(N2CC(=O)N3CCCC3C2=O)cc1C. The molecule has 0 aliphatic carbocycles. The van der Waals surface area contributed by atoms with Crippen LogP contribution in [-0.4, -0.2) is 43.0 Å². The van der Waals surface area contributed by atoms with Gasteiger partial charge in [-0.1, -0.05) is 0 Å². The number of hydrogen-bond donors (Lipinski definition) is 0. The highest BCUT2D eigenvalue weighted by molar-refractivity contribution is 6.06. The summed E-state index contributed by atoms with van der Waals surface area (Å²) in [4.78, 5) is 28.0. The number of aryl methyl sites for hydroxylation is 1. The summed E-state index contributed by atoms with van der Waals surface area (Å²) in [5.41, 5.74) is 1.73.